The van der Waals surface area contributed by atoms with E-state index in [2.05, 4.69) is 4.98 Å². The number of oxazole rings is 1. The first-order valence-electron chi connectivity index (χ1n) is 8.63. The number of aromatic nitrogens is 2. The smallest absolute Gasteiger partial charge is 0.408 e. The monoisotopic (exact) mass is 383 g/mol. The van der Waals surface area contributed by atoms with Gasteiger partial charge < -0.3 is 9.40 Å². The molecule has 0 amide bonds. The lowest BCUT2D eigenvalue weighted by atomic mass is 10.1. The zero-order valence-electron chi connectivity index (χ0n) is 14.6. The molecule has 138 valence electrons. The summed E-state index contributed by atoms with van der Waals surface area (Å²) >= 11 is 0. The highest BCUT2D eigenvalue weighted by molar-refractivity contribution is 7.89. The second kappa shape index (κ2) is 5.58. The van der Waals surface area contributed by atoms with Crippen LogP contribution >= 0.6 is 0 Å². The zero-order chi connectivity index (χ0) is 18.8. The van der Waals surface area contributed by atoms with Gasteiger partial charge in [0.05, 0.1) is 10.4 Å². The van der Waals surface area contributed by atoms with Crippen LogP contribution in [0.2, 0.25) is 0 Å². The number of H-pyrrole nitrogens is 1. The van der Waals surface area contributed by atoms with Crippen LogP contribution in [0, 0.1) is 0 Å². The van der Waals surface area contributed by atoms with Gasteiger partial charge in [-0.3, -0.25) is 4.57 Å². The van der Waals surface area contributed by atoms with Crippen LogP contribution in [0.4, 0.5) is 0 Å². The average molecular weight is 383 g/mol. The summed E-state index contributed by atoms with van der Waals surface area (Å²) in [4.78, 5) is 15.2. The fourth-order valence-electron chi connectivity index (χ4n) is 3.77. The fraction of sp³-hybridized carbons (Fsp3) is 0.211. The van der Waals surface area contributed by atoms with Gasteiger partial charge in [0.25, 0.3) is 0 Å². The summed E-state index contributed by atoms with van der Waals surface area (Å²) in [7, 11) is -2.11. The number of benzene rings is 2. The van der Waals surface area contributed by atoms with Gasteiger partial charge in [-0.25, -0.2) is 13.2 Å². The number of aryl methyl sites for hydroxylation is 1. The summed E-state index contributed by atoms with van der Waals surface area (Å²) in [5, 5.41) is 1.05. The largest absolute Gasteiger partial charge is 0.419 e. The molecule has 1 aliphatic heterocycles. The Morgan fingerprint density at radius 1 is 1.15 bits per heavy atom. The summed E-state index contributed by atoms with van der Waals surface area (Å²) in [6, 6.07) is 12.5. The Balaban J connectivity index is 1.57. The number of hydrogen-bond acceptors (Lipinski definition) is 4. The summed E-state index contributed by atoms with van der Waals surface area (Å²) in [6.07, 6.45) is 0.631. The minimum Gasteiger partial charge on any atom is -0.408 e. The van der Waals surface area contributed by atoms with Crippen molar-refractivity contribution in [2.75, 3.05) is 6.54 Å². The number of sulfonamides is 1. The lowest BCUT2D eigenvalue weighted by molar-refractivity contribution is 0.391. The Hall–Kier alpha value is -2.84. The first kappa shape index (κ1) is 16.3. The Labute approximate surface area is 154 Å². The summed E-state index contributed by atoms with van der Waals surface area (Å²) in [5.41, 5.74) is 3.97. The molecule has 1 N–H and O–H groups in total. The van der Waals surface area contributed by atoms with Crippen LogP contribution in [0.15, 0.2) is 56.6 Å². The molecule has 27 heavy (non-hydrogen) atoms. The van der Waals surface area contributed by atoms with Crippen molar-refractivity contribution < 1.29 is 12.8 Å². The first-order chi connectivity index (χ1) is 12.9. The molecule has 0 saturated carbocycles. The van der Waals surface area contributed by atoms with Gasteiger partial charge in [0, 0.05) is 49.2 Å². The summed E-state index contributed by atoms with van der Waals surface area (Å²) < 4.78 is 34.3. The van der Waals surface area contributed by atoms with E-state index < -0.39 is 15.8 Å². The van der Waals surface area contributed by atoms with Crippen LogP contribution in [0.5, 0.6) is 0 Å². The van der Waals surface area contributed by atoms with Crippen molar-refractivity contribution in [2.45, 2.75) is 17.9 Å². The maximum Gasteiger partial charge on any atom is 0.419 e. The molecule has 0 radical (unpaired) electrons. The number of aromatic amines is 1. The van der Waals surface area contributed by atoms with E-state index in [1.54, 1.807) is 13.1 Å². The van der Waals surface area contributed by atoms with E-state index in [0.29, 0.717) is 25.0 Å². The van der Waals surface area contributed by atoms with Crippen molar-refractivity contribution in [1.82, 2.24) is 13.9 Å². The third kappa shape index (κ3) is 2.37. The van der Waals surface area contributed by atoms with E-state index in [-0.39, 0.29) is 10.5 Å². The Bertz CT molecular complexity index is 1360. The molecule has 0 saturated heterocycles. The molecule has 0 atom stereocenters. The highest BCUT2D eigenvalue weighted by Crippen LogP contribution is 2.31. The van der Waals surface area contributed by atoms with E-state index in [1.807, 2.05) is 24.3 Å². The van der Waals surface area contributed by atoms with Crippen molar-refractivity contribution in [3.63, 3.8) is 0 Å². The van der Waals surface area contributed by atoms with Gasteiger partial charge >= 0.3 is 5.76 Å². The van der Waals surface area contributed by atoms with Gasteiger partial charge in [0.2, 0.25) is 10.0 Å². The number of nitrogens with zero attached hydrogens (tertiary/aromatic N) is 2. The highest BCUT2D eigenvalue weighted by atomic mass is 32.2. The van der Waals surface area contributed by atoms with Crippen LogP contribution in [-0.2, 0) is 30.0 Å². The van der Waals surface area contributed by atoms with Crippen LogP contribution < -0.4 is 5.76 Å². The van der Waals surface area contributed by atoms with Gasteiger partial charge in [-0.15, -0.1) is 0 Å². The number of nitrogens with one attached hydrogen (secondary N) is 1. The molecule has 0 bridgehead atoms. The molecule has 1 aliphatic rings. The number of rotatable bonds is 2. The number of para-hydroxylation sites is 1. The molecule has 4 aromatic rings. The van der Waals surface area contributed by atoms with E-state index in [4.69, 9.17) is 4.42 Å². The van der Waals surface area contributed by atoms with E-state index in [0.717, 1.165) is 22.2 Å². The quantitative estimate of drug-likeness (QED) is 0.576. The topological polar surface area (TPSA) is 88.3 Å². The van der Waals surface area contributed by atoms with Gasteiger partial charge in [0.15, 0.2) is 5.58 Å². The van der Waals surface area contributed by atoms with Crippen molar-refractivity contribution in [3.05, 3.63) is 64.3 Å². The average Bonchev–Trinajstić information content (AvgIpc) is 3.18. The summed E-state index contributed by atoms with van der Waals surface area (Å²) in [5.74, 6) is -0.513. The lowest BCUT2D eigenvalue weighted by Gasteiger charge is -2.26. The maximum atomic E-state index is 13.2. The molecule has 2 aromatic carbocycles. The van der Waals surface area contributed by atoms with Crippen molar-refractivity contribution >= 4 is 32.0 Å². The standard InChI is InChI=1S/C19H17N3O4S/c1-21-17-7-6-12(10-18(17)26-19(21)23)27(24,25)22-9-8-16-14(11-22)13-4-2-3-5-15(13)20-16/h2-7,10,20H,8-9,11H2,1H3. The van der Waals surface area contributed by atoms with Crippen LogP contribution in [0.1, 0.15) is 11.3 Å². The normalized spacial score (nSPS) is 15.4. The van der Waals surface area contributed by atoms with E-state index in [1.165, 1.54) is 21.0 Å². The minimum absolute atomic E-state index is 0.132. The molecule has 7 nitrogen and oxygen atoms in total. The Morgan fingerprint density at radius 3 is 2.81 bits per heavy atom. The second-order valence-electron chi connectivity index (χ2n) is 6.77. The maximum absolute atomic E-state index is 13.2. The third-order valence-electron chi connectivity index (χ3n) is 5.25. The Morgan fingerprint density at radius 2 is 1.96 bits per heavy atom. The van der Waals surface area contributed by atoms with Crippen LogP contribution in [0.3, 0.4) is 0 Å². The van der Waals surface area contributed by atoms with Gasteiger partial charge in [0.1, 0.15) is 0 Å². The molecule has 0 fully saturated rings. The lowest BCUT2D eigenvalue weighted by Crippen LogP contribution is -2.35. The Kier molecular flexibility index (Phi) is 3.38. The molecule has 3 heterocycles. The zero-order valence-corrected chi connectivity index (χ0v) is 15.4. The van der Waals surface area contributed by atoms with Crippen molar-refractivity contribution in [2.24, 2.45) is 7.05 Å². The highest BCUT2D eigenvalue weighted by Gasteiger charge is 2.30. The predicted octanol–water partition coefficient (Wildman–Crippen LogP) is 2.36. The second-order valence-corrected chi connectivity index (χ2v) is 8.71. The first-order valence-corrected chi connectivity index (χ1v) is 10.1. The summed E-state index contributed by atoms with van der Waals surface area (Å²) in [6.45, 7) is 0.720. The molecule has 2 aromatic heterocycles. The molecular formula is C19H17N3O4S. The van der Waals surface area contributed by atoms with E-state index >= 15 is 0 Å². The molecule has 0 aliphatic carbocycles. The van der Waals surface area contributed by atoms with E-state index in [9.17, 15) is 13.2 Å². The van der Waals surface area contributed by atoms with Crippen molar-refractivity contribution in [1.29, 1.82) is 0 Å². The van der Waals surface area contributed by atoms with Gasteiger partial charge in [-0.1, -0.05) is 18.2 Å². The minimum atomic E-state index is -3.70. The number of hydrogen-bond donors (Lipinski definition) is 1. The predicted molar refractivity (Wildman–Crippen MR) is 101 cm³/mol. The van der Waals surface area contributed by atoms with Crippen LogP contribution in [0.25, 0.3) is 22.0 Å². The third-order valence-corrected chi connectivity index (χ3v) is 7.09. The molecule has 0 spiro atoms. The molecule has 8 heteroatoms. The van der Waals surface area contributed by atoms with Gasteiger partial charge in [-0.2, -0.15) is 4.31 Å². The van der Waals surface area contributed by atoms with Crippen molar-refractivity contribution in [3.8, 4) is 0 Å². The molecule has 0 unspecified atom stereocenters. The molecule has 5 rings (SSSR count). The molecular weight excluding hydrogens is 366 g/mol. The number of fused-ring (bicyclic) bond motifs is 4. The fourth-order valence-corrected chi connectivity index (χ4v) is 5.20. The van der Waals surface area contributed by atoms with Gasteiger partial charge in [-0.05, 0) is 23.8 Å². The SMILES string of the molecule is Cn1c(=O)oc2cc(S(=O)(=O)N3CCc4[nH]c5ccccc5c4C3)ccc21. The van der Waals surface area contributed by atoms with Crippen LogP contribution in [-0.4, -0.2) is 28.8 Å².